The van der Waals surface area contributed by atoms with Crippen molar-refractivity contribution < 1.29 is 13.2 Å². The zero-order chi connectivity index (χ0) is 20.4. The molecule has 0 unspecified atom stereocenters. The Kier molecular flexibility index (Phi) is 8.40. The lowest BCUT2D eigenvalue weighted by molar-refractivity contribution is -0.137. The average molecular weight is 392 g/mol. The molecule has 0 radical (unpaired) electrons. The van der Waals surface area contributed by atoms with Gasteiger partial charge in [-0.1, -0.05) is 24.0 Å². The first-order valence-corrected chi connectivity index (χ1v) is 9.46. The summed E-state index contributed by atoms with van der Waals surface area (Å²) in [5, 5.41) is 6.60. The highest BCUT2D eigenvalue weighted by Gasteiger charge is 2.30. The van der Waals surface area contributed by atoms with Crippen LogP contribution in [0.25, 0.3) is 0 Å². The van der Waals surface area contributed by atoms with Gasteiger partial charge >= 0.3 is 6.18 Å². The van der Waals surface area contributed by atoms with Crippen LogP contribution in [0.1, 0.15) is 30.9 Å². The molecule has 1 aliphatic heterocycles. The maximum absolute atomic E-state index is 12.7. The monoisotopic (exact) mass is 392 g/mol. The third-order valence-electron chi connectivity index (χ3n) is 4.40. The Morgan fingerprint density at radius 2 is 2.11 bits per heavy atom. The first-order valence-electron chi connectivity index (χ1n) is 9.46. The minimum absolute atomic E-state index is 0.209. The minimum Gasteiger partial charge on any atom is -0.357 e. The molecule has 0 atom stereocenters. The van der Waals surface area contributed by atoms with E-state index in [1.54, 1.807) is 6.07 Å². The predicted molar refractivity (Wildman–Crippen MR) is 107 cm³/mol. The van der Waals surface area contributed by atoms with Gasteiger partial charge in [0.25, 0.3) is 0 Å². The second-order valence-electron chi connectivity index (χ2n) is 6.58. The first-order chi connectivity index (χ1) is 13.4. The van der Waals surface area contributed by atoms with Crippen molar-refractivity contribution in [3.63, 3.8) is 0 Å². The minimum atomic E-state index is -4.36. The molecule has 0 amide bonds. The van der Waals surface area contributed by atoms with E-state index in [-0.39, 0.29) is 6.54 Å². The Bertz CT molecular complexity index is 723. The van der Waals surface area contributed by atoms with E-state index in [0.717, 1.165) is 51.2 Å². The second kappa shape index (κ2) is 10.8. The number of aliphatic imine (C=N–C) groups is 1. The molecule has 0 aromatic heterocycles. The summed E-state index contributed by atoms with van der Waals surface area (Å²) in [6.07, 6.45) is -0.399. The zero-order valence-corrected chi connectivity index (χ0v) is 16.1. The lowest BCUT2D eigenvalue weighted by Crippen LogP contribution is -2.48. The number of nitrogens with zero attached hydrogens (tertiary/aromatic N) is 2. The number of likely N-dealkylation sites (tertiary alicyclic amines) is 1. The molecular weight excluding hydrogens is 365 g/mol. The largest absolute Gasteiger partial charge is 0.416 e. The smallest absolute Gasteiger partial charge is 0.357 e. The fraction of sp³-hybridized carbons (Fsp3) is 0.476. The first kappa shape index (κ1) is 21.8. The summed E-state index contributed by atoms with van der Waals surface area (Å²) in [6.45, 7) is 9.62. The molecule has 1 aromatic carbocycles. The zero-order valence-electron chi connectivity index (χ0n) is 16.1. The third-order valence-corrected chi connectivity index (χ3v) is 4.40. The number of rotatable bonds is 5. The van der Waals surface area contributed by atoms with E-state index in [9.17, 15) is 13.2 Å². The van der Waals surface area contributed by atoms with Crippen LogP contribution >= 0.6 is 0 Å². The Hall–Kier alpha value is -2.46. The van der Waals surface area contributed by atoms with E-state index in [0.29, 0.717) is 17.6 Å². The van der Waals surface area contributed by atoms with Gasteiger partial charge in [0, 0.05) is 37.8 Å². The highest BCUT2D eigenvalue weighted by atomic mass is 19.4. The summed E-state index contributed by atoms with van der Waals surface area (Å²) < 4.78 is 38.2. The predicted octanol–water partition coefficient (Wildman–Crippen LogP) is 3.26. The molecule has 1 aromatic rings. The van der Waals surface area contributed by atoms with Gasteiger partial charge in [-0.2, -0.15) is 13.2 Å². The average Bonchev–Trinajstić information content (AvgIpc) is 2.67. The molecule has 1 saturated heterocycles. The van der Waals surface area contributed by atoms with E-state index < -0.39 is 11.7 Å². The Morgan fingerprint density at radius 3 is 2.75 bits per heavy atom. The van der Waals surface area contributed by atoms with Crippen LogP contribution in [0.3, 0.4) is 0 Å². The van der Waals surface area contributed by atoms with Crippen LogP contribution in [-0.2, 0) is 6.18 Å². The molecule has 0 saturated carbocycles. The number of hydrogen-bond donors (Lipinski definition) is 2. The van der Waals surface area contributed by atoms with Crippen molar-refractivity contribution in [2.24, 2.45) is 4.99 Å². The topological polar surface area (TPSA) is 39.7 Å². The molecule has 2 N–H and O–H groups in total. The van der Waals surface area contributed by atoms with E-state index >= 15 is 0 Å². The van der Waals surface area contributed by atoms with Gasteiger partial charge in [0.15, 0.2) is 5.96 Å². The summed E-state index contributed by atoms with van der Waals surface area (Å²) in [5.74, 6) is 6.26. The molecule has 2 rings (SSSR count). The molecular formula is C21H27F3N4. The van der Waals surface area contributed by atoms with E-state index in [2.05, 4.69) is 38.9 Å². The van der Waals surface area contributed by atoms with Crippen molar-refractivity contribution in [3.05, 3.63) is 48.0 Å². The van der Waals surface area contributed by atoms with Crippen LogP contribution in [0.15, 0.2) is 41.9 Å². The number of piperidine rings is 1. The van der Waals surface area contributed by atoms with E-state index in [4.69, 9.17) is 0 Å². The maximum Gasteiger partial charge on any atom is 0.416 e. The Labute approximate surface area is 164 Å². The van der Waals surface area contributed by atoms with Gasteiger partial charge in [-0.3, -0.25) is 4.90 Å². The van der Waals surface area contributed by atoms with Gasteiger partial charge in [0.2, 0.25) is 0 Å². The number of benzene rings is 1. The number of guanidine groups is 1. The quantitative estimate of drug-likeness (QED) is 0.350. The fourth-order valence-electron chi connectivity index (χ4n) is 2.99. The van der Waals surface area contributed by atoms with Crippen LogP contribution in [0.4, 0.5) is 13.2 Å². The summed E-state index contributed by atoms with van der Waals surface area (Å²) in [5.41, 5.74) is -0.363. The van der Waals surface area contributed by atoms with Gasteiger partial charge in [0.1, 0.15) is 6.54 Å². The second-order valence-corrected chi connectivity index (χ2v) is 6.58. The van der Waals surface area contributed by atoms with Crippen LogP contribution < -0.4 is 10.6 Å². The summed E-state index contributed by atoms with van der Waals surface area (Å²) in [4.78, 5) is 6.77. The highest BCUT2D eigenvalue weighted by Crippen LogP contribution is 2.29. The van der Waals surface area contributed by atoms with Crippen molar-refractivity contribution >= 4 is 5.96 Å². The molecule has 4 nitrogen and oxygen atoms in total. The van der Waals surface area contributed by atoms with Gasteiger partial charge in [-0.15, -0.1) is 6.58 Å². The maximum atomic E-state index is 12.7. The van der Waals surface area contributed by atoms with E-state index in [1.165, 1.54) is 6.07 Å². The van der Waals surface area contributed by atoms with Crippen LogP contribution in [0.2, 0.25) is 0 Å². The molecule has 1 aliphatic rings. The number of nitrogens with one attached hydrogen (secondary N) is 2. The highest BCUT2D eigenvalue weighted by molar-refractivity contribution is 5.80. The number of hydrogen-bond acceptors (Lipinski definition) is 2. The van der Waals surface area contributed by atoms with Crippen LogP contribution in [0.5, 0.6) is 0 Å². The SMILES string of the molecule is C=CCN1CCC(NC(=NCC#Cc2cccc(C(F)(F)F)c2)NCC)CC1. The van der Waals surface area contributed by atoms with Crippen molar-refractivity contribution in [3.8, 4) is 11.8 Å². The van der Waals surface area contributed by atoms with Gasteiger partial charge < -0.3 is 10.6 Å². The third kappa shape index (κ3) is 7.28. The van der Waals surface area contributed by atoms with Crippen molar-refractivity contribution in [1.82, 2.24) is 15.5 Å². The van der Waals surface area contributed by atoms with Gasteiger partial charge in [0.05, 0.1) is 5.56 Å². The van der Waals surface area contributed by atoms with Gasteiger partial charge in [-0.25, -0.2) is 4.99 Å². The van der Waals surface area contributed by atoms with Crippen molar-refractivity contribution in [2.75, 3.05) is 32.7 Å². The summed E-state index contributed by atoms with van der Waals surface area (Å²) in [7, 11) is 0. The lowest BCUT2D eigenvalue weighted by Gasteiger charge is -2.32. The fourth-order valence-corrected chi connectivity index (χ4v) is 2.99. The summed E-state index contributed by atoms with van der Waals surface area (Å²) >= 11 is 0. The summed E-state index contributed by atoms with van der Waals surface area (Å²) in [6, 6.07) is 5.36. The molecule has 0 aliphatic carbocycles. The molecule has 0 spiro atoms. The van der Waals surface area contributed by atoms with Crippen LogP contribution in [0, 0.1) is 11.8 Å². The Balaban J connectivity index is 1.92. The van der Waals surface area contributed by atoms with Crippen LogP contribution in [-0.4, -0.2) is 49.6 Å². The molecule has 152 valence electrons. The number of alkyl halides is 3. The molecule has 0 bridgehead atoms. The van der Waals surface area contributed by atoms with Crippen molar-refractivity contribution in [1.29, 1.82) is 0 Å². The lowest BCUT2D eigenvalue weighted by atomic mass is 10.1. The Morgan fingerprint density at radius 1 is 1.36 bits per heavy atom. The number of halogens is 3. The normalized spacial score (nSPS) is 16.2. The van der Waals surface area contributed by atoms with Crippen molar-refractivity contribution in [2.45, 2.75) is 32.0 Å². The molecule has 28 heavy (non-hydrogen) atoms. The molecule has 1 fully saturated rings. The molecule has 7 heteroatoms. The van der Waals surface area contributed by atoms with Gasteiger partial charge in [-0.05, 0) is 38.0 Å². The standard InChI is InChI=1S/C21H27F3N4/c1-3-13-28-14-10-19(11-15-28)27-20(25-4-2)26-12-6-8-17-7-5-9-18(16-17)21(22,23)24/h3,5,7,9,16,19H,1,4,10-15H2,2H3,(H2,25,26,27). The molecule has 1 heterocycles. The van der Waals surface area contributed by atoms with E-state index in [1.807, 2.05) is 13.0 Å².